The fourth-order valence-corrected chi connectivity index (χ4v) is 6.70. The molecule has 0 aliphatic heterocycles. The SMILES string of the molecule is CC12CC3(CBr)CC(C(/C=C(\N)c4ccccc4F)=C1N)C32C. The predicted molar refractivity (Wildman–Crippen MR) is 94.9 cm³/mol. The van der Waals surface area contributed by atoms with Crippen LogP contribution in [-0.2, 0) is 0 Å². The standard InChI is InChI=1S/C19H22BrFN2/c1-17-9-19(10-20)8-13(18(17,19)2)12(16(17)23)7-15(22)11-5-3-4-6-14(11)21/h3-7,13H,8-10,22-23H2,1-2H3/b15-7-. The van der Waals surface area contributed by atoms with Gasteiger partial charge >= 0.3 is 0 Å². The summed E-state index contributed by atoms with van der Waals surface area (Å²) in [5.74, 6) is 0.145. The van der Waals surface area contributed by atoms with Crippen LogP contribution in [0.15, 0.2) is 41.6 Å². The highest BCUT2D eigenvalue weighted by atomic mass is 79.9. The molecule has 122 valence electrons. The van der Waals surface area contributed by atoms with Gasteiger partial charge in [0.2, 0.25) is 0 Å². The second kappa shape index (κ2) is 4.41. The van der Waals surface area contributed by atoms with Crippen molar-refractivity contribution in [3.8, 4) is 0 Å². The topological polar surface area (TPSA) is 52.0 Å². The lowest BCUT2D eigenvalue weighted by molar-refractivity contribution is -0.262. The normalized spacial score (nSPS) is 41.4. The van der Waals surface area contributed by atoms with E-state index in [1.165, 1.54) is 6.07 Å². The summed E-state index contributed by atoms with van der Waals surface area (Å²) >= 11 is 3.70. The van der Waals surface area contributed by atoms with E-state index in [1.807, 2.05) is 6.08 Å². The third-order valence-corrected chi connectivity index (χ3v) is 8.34. The van der Waals surface area contributed by atoms with E-state index in [0.717, 1.165) is 29.4 Å². The Hall–Kier alpha value is -1.29. The van der Waals surface area contributed by atoms with Gasteiger partial charge in [0.1, 0.15) is 5.82 Å². The van der Waals surface area contributed by atoms with Gasteiger partial charge in [0.25, 0.3) is 0 Å². The van der Waals surface area contributed by atoms with Gasteiger partial charge in [-0.1, -0.05) is 41.9 Å². The minimum atomic E-state index is -0.290. The summed E-state index contributed by atoms with van der Waals surface area (Å²) in [5, 5.41) is 1.02. The van der Waals surface area contributed by atoms with E-state index in [-0.39, 0.29) is 16.6 Å². The molecule has 0 bridgehead atoms. The first-order valence-corrected chi connectivity index (χ1v) is 9.21. The molecule has 4 atom stereocenters. The lowest BCUT2D eigenvalue weighted by Gasteiger charge is -2.76. The molecule has 4 N–H and O–H groups in total. The van der Waals surface area contributed by atoms with E-state index in [2.05, 4.69) is 29.8 Å². The lowest BCUT2D eigenvalue weighted by atomic mass is 9.27. The Morgan fingerprint density at radius 2 is 2.09 bits per heavy atom. The Balaban J connectivity index is 1.76. The first-order valence-electron chi connectivity index (χ1n) is 8.09. The number of nitrogens with two attached hydrogens (primary N) is 2. The Labute approximate surface area is 144 Å². The Morgan fingerprint density at radius 1 is 1.39 bits per heavy atom. The molecule has 3 aliphatic carbocycles. The van der Waals surface area contributed by atoms with Gasteiger partial charge in [0.05, 0.1) is 0 Å². The highest BCUT2D eigenvalue weighted by molar-refractivity contribution is 9.09. The summed E-state index contributed by atoms with van der Waals surface area (Å²) in [6.07, 6.45) is 4.19. The first-order chi connectivity index (χ1) is 10.8. The largest absolute Gasteiger partial charge is 0.401 e. The summed E-state index contributed by atoms with van der Waals surface area (Å²) in [5.41, 5.74) is 16.4. The second-order valence-electron chi connectivity index (χ2n) is 7.83. The zero-order valence-corrected chi connectivity index (χ0v) is 15.1. The summed E-state index contributed by atoms with van der Waals surface area (Å²) in [6, 6.07) is 6.63. The third kappa shape index (κ3) is 1.49. The van der Waals surface area contributed by atoms with Crippen LogP contribution in [0, 0.1) is 28.0 Å². The van der Waals surface area contributed by atoms with E-state index in [0.29, 0.717) is 22.6 Å². The van der Waals surface area contributed by atoms with E-state index >= 15 is 0 Å². The zero-order valence-electron chi connectivity index (χ0n) is 13.5. The van der Waals surface area contributed by atoms with Crippen LogP contribution in [0.5, 0.6) is 0 Å². The Kier molecular flexibility index (Phi) is 2.92. The van der Waals surface area contributed by atoms with Crippen molar-refractivity contribution >= 4 is 21.6 Å². The maximum atomic E-state index is 14.0. The van der Waals surface area contributed by atoms with Gasteiger partial charge in [-0.2, -0.15) is 0 Å². The van der Waals surface area contributed by atoms with Gasteiger partial charge in [-0.3, -0.25) is 0 Å². The van der Waals surface area contributed by atoms with Crippen molar-refractivity contribution in [3.05, 3.63) is 53.0 Å². The Morgan fingerprint density at radius 3 is 2.74 bits per heavy atom. The molecule has 2 nitrogen and oxygen atoms in total. The number of rotatable bonds is 3. The van der Waals surface area contributed by atoms with Crippen LogP contribution in [0.2, 0.25) is 0 Å². The molecule has 0 amide bonds. The van der Waals surface area contributed by atoms with Gasteiger partial charge in [-0.15, -0.1) is 0 Å². The molecule has 4 unspecified atom stereocenters. The van der Waals surface area contributed by atoms with Crippen LogP contribution in [0.3, 0.4) is 0 Å². The van der Waals surface area contributed by atoms with Gasteiger partial charge in [-0.25, -0.2) is 4.39 Å². The van der Waals surface area contributed by atoms with E-state index in [1.54, 1.807) is 18.2 Å². The molecule has 0 radical (unpaired) electrons. The molecule has 3 aliphatic rings. The number of hydrogen-bond donors (Lipinski definition) is 2. The summed E-state index contributed by atoms with van der Waals surface area (Å²) in [4.78, 5) is 0. The number of benzene rings is 1. The number of allylic oxidation sites excluding steroid dienone is 3. The smallest absolute Gasteiger partial charge is 0.132 e. The molecule has 4 heteroatoms. The quantitative estimate of drug-likeness (QED) is 0.777. The van der Waals surface area contributed by atoms with Gasteiger partial charge in [0, 0.05) is 27.7 Å². The summed E-state index contributed by atoms with van der Waals surface area (Å²) in [7, 11) is 0. The maximum Gasteiger partial charge on any atom is 0.132 e. The number of alkyl halides is 1. The minimum absolute atomic E-state index is 0.0467. The monoisotopic (exact) mass is 376 g/mol. The molecule has 2 fully saturated rings. The lowest BCUT2D eigenvalue weighted by Crippen LogP contribution is -2.72. The van der Waals surface area contributed by atoms with Crippen LogP contribution >= 0.6 is 15.9 Å². The number of halogens is 2. The summed E-state index contributed by atoms with van der Waals surface area (Å²) < 4.78 is 14.0. The summed E-state index contributed by atoms with van der Waals surface area (Å²) in [6.45, 7) is 4.63. The van der Waals surface area contributed by atoms with E-state index in [9.17, 15) is 4.39 Å². The van der Waals surface area contributed by atoms with Crippen LogP contribution in [0.1, 0.15) is 32.3 Å². The van der Waals surface area contributed by atoms with E-state index < -0.39 is 0 Å². The van der Waals surface area contributed by atoms with Crippen molar-refractivity contribution in [2.45, 2.75) is 26.7 Å². The Bertz CT molecular complexity index is 770. The van der Waals surface area contributed by atoms with Crippen molar-refractivity contribution in [2.24, 2.45) is 33.6 Å². The van der Waals surface area contributed by atoms with Gasteiger partial charge in [-0.05, 0) is 53.4 Å². The highest BCUT2D eigenvalue weighted by Gasteiger charge is 2.81. The molecule has 0 heterocycles. The average molecular weight is 377 g/mol. The van der Waals surface area contributed by atoms with Crippen molar-refractivity contribution in [1.82, 2.24) is 0 Å². The predicted octanol–water partition coefficient (Wildman–Crippen LogP) is 4.17. The molecule has 0 spiro atoms. The molecule has 0 saturated heterocycles. The van der Waals surface area contributed by atoms with Crippen molar-refractivity contribution in [1.29, 1.82) is 0 Å². The molecule has 2 saturated carbocycles. The van der Waals surface area contributed by atoms with Crippen LogP contribution in [0.4, 0.5) is 4.39 Å². The fraction of sp³-hybridized carbons (Fsp3) is 0.474. The molecule has 0 aromatic heterocycles. The molecule has 23 heavy (non-hydrogen) atoms. The average Bonchev–Trinajstić information content (AvgIpc) is 2.63. The second-order valence-corrected chi connectivity index (χ2v) is 8.39. The van der Waals surface area contributed by atoms with Crippen LogP contribution in [-0.4, -0.2) is 5.33 Å². The van der Waals surface area contributed by atoms with Crippen molar-refractivity contribution in [3.63, 3.8) is 0 Å². The third-order valence-electron chi connectivity index (χ3n) is 7.26. The highest BCUT2D eigenvalue weighted by Crippen LogP contribution is 2.87. The van der Waals surface area contributed by atoms with Crippen molar-refractivity contribution in [2.75, 3.05) is 5.33 Å². The molecular weight excluding hydrogens is 355 g/mol. The zero-order chi connectivity index (χ0) is 16.6. The molecule has 1 aromatic carbocycles. The molecule has 4 rings (SSSR count). The fourth-order valence-electron chi connectivity index (χ4n) is 5.69. The van der Waals surface area contributed by atoms with Crippen molar-refractivity contribution < 1.29 is 4.39 Å². The number of hydrogen-bond acceptors (Lipinski definition) is 2. The van der Waals surface area contributed by atoms with Gasteiger partial charge < -0.3 is 11.5 Å². The minimum Gasteiger partial charge on any atom is -0.401 e. The van der Waals surface area contributed by atoms with Crippen LogP contribution in [0.25, 0.3) is 5.70 Å². The molecular formula is C19H22BrFN2. The van der Waals surface area contributed by atoms with Gasteiger partial charge in [0.15, 0.2) is 0 Å². The molecule has 1 aromatic rings. The van der Waals surface area contributed by atoms with Crippen LogP contribution < -0.4 is 11.5 Å². The first kappa shape index (κ1) is 15.3. The maximum absolute atomic E-state index is 14.0. The van der Waals surface area contributed by atoms with E-state index in [4.69, 9.17) is 11.5 Å².